The van der Waals surface area contributed by atoms with Crippen LogP contribution in [-0.4, -0.2) is 5.16 Å². The van der Waals surface area contributed by atoms with Gasteiger partial charge in [-0.25, -0.2) is 0 Å². The Bertz CT molecular complexity index is 534. The van der Waals surface area contributed by atoms with Crippen molar-refractivity contribution in [2.75, 3.05) is 0 Å². The van der Waals surface area contributed by atoms with Crippen LogP contribution in [0, 0.1) is 0 Å². The largest absolute Gasteiger partial charge is 0.364 e. The van der Waals surface area contributed by atoms with Gasteiger partial charge in [-0.05, 0) is 6.07 Å². The molecule has 0 aliphatic rings. The highest BCUT2D eigenvalue weighted by Gasteiger charge is 2.15. The lowest BCUT2D eigenvalue weighted by atomic mass is 10.1. The Balaban J connectivity index is 2.69. The third-order valence-electron chi connectivity index (χ3n) is 2.08. The van der Waals surface area contributed by atoms with Crippen molar-refractivity contribution in [1.82, 2.24) is 5.16 Å². The van der Waals surface area contributed by atoms with Gasteiger partial charge in [-0.1, -0.05) is 52.6 Å². The van der Waals surface area contributed by atoms with Crippen LogP contribution >= 0.6 is 34.8 Å². The van der Waals surface area contributed by atoms with Crippen LogP contribution in [-0.2, 0) is 0 Å². The first-order chi connectivity index (χ1) is 7.61. The molecular weight excluding hydrogens is 268 g/mol. The van der Waals surface area contributed by atoms with E-state index in [0.29, 0.717) is 31.9 Å². The van der Waals surface area contributed by atoms with Gasteiger partial charge >= 0.3 is 0 Å². The standard InChI is InChI=1S/C11H6Cl3NO/c1-6(12)7-2-3-8(13)10(11(7)14)9-4-5-16-15-9/h2-5H,1H2. The molecule has 0 saturated heterocycles. The molecule has 0 aliphatic heterocycles. The van der Waals surface area contributed by atoms with Gasteiger partial charge < -0.3 is 4.52 Å². The third kappa shape index (κ3) is 1.96. The van der Waals surface area contributed by atoms with Gasteiger partial charge in [0.1, 0.15) is 12.0 Å². The van der Waals surface area contributed by atoms with Gasteiger partial charge in [-0.15, -0.1) is 0 Å². The molecule has 5 heteroatoms. The Morgan fingerprint density at radius 1 is 1.25 bits per heavy atom. The number of hydrogen-bond donors (Lipinski definition) is 0. The van der Waals surface area contributed by atoms with E-state index in [4.69, 9.17) is 39.3 Å². The molecule has 0 radical (unpaired) electrons. The molecule has 2 rings (SSSR count). The molecule has 16 heavy (non-hydrogen) atoms. The maximum absolute atomic E-state index is 6.19. The van der Waals surface area contributed by atoms with Gasteiger partial charge in [0.05, 0.1) is 10.0 Å². The minimum atomic E-state index is 0.353. The van der Waals surface area contributed by atoms with Crippen LogP contribution in [0.3, 0.4) is 0 Å². The lowest BCUT2D eigenvalue weighted by molar-refractivity contribution is 0.422. The predicted octanol–water partition coefficient (Wildman–Crippen LogP) is 4.86. The van der Waals surface area contributed by atoms with E-state index < -0.39 is 0 Å². The molecular formula is C11H6Cl3NO. The Morgan fingerprint density at radius 3 is 2.56 bits per heavy atom. The molecule has 1 aromatic heterocycles. The zero-order chi connectivity index (χ0) is 11.7. The van der Waals surface area contributed by atoms with Crippen molar-refractivity contribution in [3.63, 3.8) is 0 Å². The summed E-state index contributed by atoms with van der Waals surface area (Å²) in [5, 5.41) is 5.05. The SMILES string of the molecule is C=C(Cl)c1ccc(Cl)c(-c2ccon2)c1Cl. The number of benzene rings is 1. The van der Waals surface area contributed by atoms with Crippen molar-refractivity contribution in [1.29, 1.82) is 0 Å². The molecule has 0 aliphatic carbocycles. The molecule has 1 aromatic carbocycles. The van der Waals surface area contributed by atoms with Crippen LogP contribution in [0.15, 0.2) is 35.6 Å². The fourth-order valence-electron chi connectivity index (χ4n) is 1.34. The first-order valence-corrected chi connectivity index (χ1v) is 5.48. The lowest BCUT2D eigenvalue weighted by Gasteiger charge is -2.08. The molecule has 0 atom stereocenters. The normalized spacial score (nSPS) is 10.4. The summed E-state index contributed by atoms with van der Waals surface area (Å²) in [7, 11) is 0. The van der Waals surface area contributed by atoms with Gasteiger partial charge in [0.25, 0.3) is 0 Å². The van der Waals surface area contributed by atoms with E-state index in [-0.39, 0.29) is 0 Å². The Morgan fingerprint density at radius 2 is 2.00 bits per heavy atom. The highest BCUT2D eigenvalue weighted by molar-refractivity contribution is 6.51. The minimum absolute atomic E-state index is 0.353. The summed E-state index contributed by atoms with van der Waals surface area (Å²) in [5.74, 6) is 0. The maximum Gasteiger partial charge on any atom is 0.124 e. The van der Waals surface area contributed by atoms with E-state index in [2.05, 4.69) is 11.7 Å². The van der Waals surface area contributed by atoms with Crippen molar-refractivity contribution in [2.24, 2.45) is 0 Å². The molecule has 0 fully saturated rings. The second-order valence-corrected chi connectivity index (χ2v) is 4.31. The molecule has 0 N–H and O–H groups in total. The molecule has 0 saturated carbocycles. The smallest absolute Gasteiger partial charge is 0.124 e. The van der Waals surface area contributed by atoms with Crippen LogP contribution in [0.4, 0.5) is 0 Å². The van der Waals surface area contributed by atoms with E-state index in [1.54, 1.807) is 18.2 Å². The molecule has 2 nitrogen and oxygen atoms in total. The van der Waals surface area contributed by atoms with Crippen molar-refractivity contribution >= 4 is 39.8 Å². The van der Waals surface area contributed by atoms with Crippen LogP contribution in [0.1, 0.15) is 5.56 Å². The van der Waals surface area contributed by atoms with Crippen LogP contribution in [0.2, 0.25) is 10.0 Å². The number of rotatable bonds is 2. The van der Waals surface area contributed by atoms with Crippen LogP contribution in [0.5, 0.6) is 0 Å². The van der Waals surface area contributed by atoms with Crippen molar-refractivity contribution < 1.29 is 4.52 Å². The fraction of sp³-hybridized carbons (Fsp3) is 0. The number of nitrogens with zero attached hydrogens (tertiary/aromatic N) is 1. The van der Waals surface area contributed by atoms with Gasteiger partial charge in [0.2, 0.25) is 0 Å². The molecule has 82 valence electrons. The summed E-state index contributed by atoms with van der Waals surface area (Å²) < 4.78 is 4.76. The summed E-state index contributed by atoms with van der Waals surface area (Å²) >= 11 is 18.1. The van der Waals surface area contributed by atoms with Gasteiger partial charge in [0, 0.05) is 22.2 Å². The summed E-state index contributed by atoms with van der Waals surface area (Å²) in [6.07, 6.45) is 1.45. The Labute approximate surface area is 107 Å². The molecule has 0 amide bonds. The highest BCUT2D eigenvalue weighted by Crippen LogP contribution is 2.38. The van der Waals surface area contributed by atoms with Crippen LogP contribution < -0.4 is 0 Å². The number of aromatic nitrogens is 1. The van der Waals surface area contributed by atoms with Crippen molar-refractivity contribution in [3.8, 4) is 11.3 Å². The van der Waals surface area contributed by atoms with Crippen LogP contribution in [0.25, 0.3) is 16.3 Å². The summed E-state index contributed by atoms with van der Waals surface area (Å²) in [4.78, 5) is 0. The van der Waals surface area contributed by atoms with Gasteiger partial charge in [-0.3, -0.25) is 0 Å². The zero-order valence-electron chi connectivity index (χ0n) is 8.01. The van der Waals surface area contributed by atoms with Crippen molar-refractivity contribution in [3.05, 3.63) is 46.6 Å². The fourth-order valence-corrected chi connectivity index (χ4v) is 2.22. The van der Waals surface area contributed by atoms with E-state index in [0.717, 1.165) is 0 Å². The zero-order valence-corrected chi connectivity index (χ0v) is 10.3. The quantitative estimate of drug-likeness (QED) is 0.782. The molecule has 0 bridgehead atoms. The second kappa shape index (κ2) is 4.50. The van der Waals surface area contributed by atoms with E-state index in [1.165, 1.54) is 6.26 Å². The van der Waals surface area contributed by atoms with E-state index in [1.807, 2.05) is 0 Å². The molecule has 2 aromatic rings. The van der Waals surface area contributed by atoms with Crippen molar-refractivity contribution in [2.45, 2.75) is 0 Å². The monoisotopic (exact) mass is 273 g/mol. The Kier molecular flexibility index (Phi) is 3.24. The second-order valence-electron chi connectivity index (χ2n) is 3.07. The van der Waals surface area contributed by atoms with Gasteiger partial charge in [0.15, 0.2) is 0 Å². The lowest BCUT2D eigenvalue weighted by Crippen LogP contribution is -1.86. The predicted molar refractivity (Wildman–Crippen MR) is 66.8 cm³/mol. The maximum atomic E-state index is 6.19. The third-order valence-corrected chi connectivity index (χ3v) is 2.99. The van der Waals surface area contributed by atoms with E-state index in [9.17, 15) is 0 Å². The van der Waals surface area contributed by atoms with E-state index >= 15 is 0 Å². The first kappa shape index (κ1) is 11.5. The number of halogens is 3. The topological polar surface area (TPSA) is 26.0 Å². The minimum Gasteiger partial charge on any atom is -0.364 e. The first-order valence-electron chi connectivity index (χ1n) is 4.35. The average molecular weight is 275 g/mol. The summed E-state index contributed by atoms with van der Waals surface area (Å²) in [6, 6.07) is 5.08. The summed E-state index contributed by atoms with van der Waals surface area (Å²) in [6.45, 7) is 3.63. The number of hydrogen-bond acceptors (Lipinski definition) is 2. The molecule has 0 spiro atoms. The highest BCUT2D eigenvalue weighted by atomic mass is 35.5. The molecule has 0 unspecified atom stereocenters. The Hall–Kier alpha value is -0.960. The summed E-state index contributed by atoms with van der Waals surface area (Å²) in [5.41, 5.74) is 1.79. The van der Waals surface area contributed by atoms with Gasteiger partial charge in [-0.2, -0.15) is 0 Å². The molecule has 1 heterocycles. The average Bonchev–Trinajstić information content (AvgIpc) is 2.70.